The van der Waals surface area contributed by atoms with Gasteiger partial charge in [0.1, 0.15) is 0 Å². The first kappa shape index (κ1) is 11.5. The van der Waals surface area contributed by atoms with Gasteiger partial charge in [0.25, 0.3) is 0 Å². The summed E-state index contributed by atoms with van der Waals surface area (Å²) < 4.78 is 0. The summed E-state index contributed by atoms with van der Waals surface area (Å²) in [6.45, 7) is 7.32. The highest BCUT2D eigenvalue weighted by atomic mass is 14.7. The van der Waals surface area contributed by atoms with Crippen LogP contribution in [0.1, 0.15) is 23.2 Å². The summed E-state index contributed by atoms with van der Waals surface area (Å²) in [5, 5.41) is 0. The molecule has 2 atom stereocenters. The van der Waals surface area contributed by atoms with Crippen LogP contribution in [0.4, 0.5) is 5.69 Å². The fraction of sp³-hybridized carbons (Fsp3) is 0.167. The molecule has 1 aromatic rings. The van der Waals surface area contributed by atoms with Crippen molar-refractivity contribution in [2.45, 2.75) is 12.1 Å². The van der Waals surface area contributed by atoms with E-state index >= 15 is 0 Å². The van der Waals surface area contributed by atoms with Gasteiger partial charge in [0.2, 0.25) is 0 Å². The standard InChI is InChI=1S/C12H17N3/c1-3-9(13)8-6-5-7-11(15)12(8)10(14)4-2/h3-7,9-10H,1-2,13-15H2. The van der Waals surface area contributed by atoms with Gasteiger partial charge in [-0.05, 0) is 11.6 Å². The lowest BCUT2D eigenvalue weighted by atomic mass is 9.94. The Morgan fingerprint density at radius 2 is 1.67 bits per heavy atom. The zero-order chi connectivity index (χ0) is 11.4. The summed E-state index contributed by atoms with van der Waals surface area (Å²) in [6.07, 6.45) is 3.30. The largest absolute Gasteiger partial charge is 0.398 e. The van der Waals surface area contributed by atoms with Gasteiger partial charge in [0.15, 0.2) is 0 Å². The summed E-state index contributed by atoms with van der Waals surface area (Å²) >= 11 is 0. The molecule has 0 heterocycles. The summed E-state index contributed by atoms with van der Waals surface area (Å²) in [4.78, 5) is 0. The molecule has 1 rings (SSSR count). The van der Waals surface area contributed by atoms with Crippen molar-refractivity contribution >= 4 is 5.69 Å². The van der Waals surface area contributed by atoms with E-state index in [-0.39, 0.29) is 12.1 Å². The van der Waals surface area contributed by atoms with Crippen molar-refractivity contribution in [2.24, 2.45) is 11.5 Å². The zero-order valence-electron chi connectivity index (χ0n) is 8.69. The molecule has 1 aromatic carbocycles. The minimum Gasteiger partial charge on any atom is -0.398 e. The Morgan fingerprint density at radius 3 is 2.20 bits per heavy atom. The van der Waals surface area contributed by atoms with Crippen molar-refractivity contribution in [3.63, 3.8) is 0 Å². The van der Waals surface area contributed by atoms with Crippen molar-refractivity contribution < 1.29 is 0 Å². The molecule has 2 unspecified atom stereocenters. The second-order valence-corrected chi connectivity index (χ2v) is 3.37. The van der Waals surface area contributed by atoms with E-state index < -0.39 is 0 Å². The molecule has 3 nitrogen and oxygen atoms in total. The third-order valence-electron chi connectivity index (χ3n) is 2.37. The fourth-order valence-corrected chi connectivity index (χ4v) is 1.52. The monoisotopic (exact) mass is 203 g/mol. The summed E-state index contributed by atoms with van der Waals surface area (Å²) in [5.41, 5.74) is 20.0. The van der Waals surface area contributed by atoms with Gasteiger partial charge in [-0.1, -0.05) is 24.3 Å². The van der Waals surface area contributed by atoms with Crippen LogP contribution < -0.4 is 17.2 Å². The van der Waals surface area contributed by atoms with Crippen LogP contribution in [0.15, 0.2) is 43.5 Å². The molecule has 0 amide bonds. The molecule has 0 saturated carbocycles. The number of anilines is 1. The molecule has 6 N–H and O–H groups in total. The first-order valence-electron chi connectivity index (χ1n) is 4.76. The maximum Gasteiger partial charge on any atom is 0.0502 e. The number of nitrogens with two attached hydrogens (primary N) is 3. The van der Waals surface area contributed by atoms with Gasteiger partial charge in [0.05, 0.1) is 6.04 Å². The molecule has 0 bridgehead atoms. The third-order valence-corrected chi connectivity index (χ3v) is 2.37. The summed E-state index contributed by atoms with van der Waals surface area (Å²) in [5.74, 6) is 0. The Morgan fingerprint density at radius 1 is 1.07 bits per heavy atom. The summed E-state index contributed by atoms with van der Waals surface area (Å²) in [6, 6.07) is 5.01. The average molecular weight is 203 g/mol. The van der Waals surface area contributed by atoms with Crippen molar-refractivity contribution in [1.29, 1.82) is 0 Å². The van der Waals surface area contributed by atoms with E-state index in [0.717, 1.165) is 11.1 Å². The van der Waals surface area contributed by atoms with Gasteiger partial charge in [-0.25, -0.2) is 0 Å². The quantitative estimate of drug-likeness (QED) is 0.514. The molecule has 0 spiro atoms. The van der Waals surface area contributed by atoms with Gasteiger partial charge in [-0.15, -0.1) is 13.2 Å². The Bertz CT molecular complexity index is 371. The Kier molecular flexibility index (Phi) is 3.66. The zero-order valence-corrected chi connectivity index (χ0v) is 8.69. The van der Waals surface area contributed by atoms with E-state index in [1.54, 1.807) is 18.2 Å². The normalized spacial score (nSPS) is 14.3. The fourth-order valence-electron chi connectivity index (χ4n) is 1.52. The van der Waals surface area contributed by atoms with Crippen molar-refractivity contribution in [1.82, 2.24) is 0 Å². The van der Waals surface area contributed by atoms with Gasteiger partial charge in [-0.2, -0.15) is 0 Å². The van der Waals surface area contributed by atoms with Crippen LogP contribution in [0.25, 0.3) is 0 Å². The molecule has 0 aliphatic rings. The van der Waals surface area contributed by atoms with Crippen molar-refractivity contribution in [3.8, 4) is 0 Å². The van der Waals surface area contributed by atoms with E-state index in [4.69, 9.17) is 17.2 Å². The molecule has 15 heavy (non-hydrogen) atoms. The molecule has 3 heteroatoms. The number of benzene rings is 1. The average Bonchev–Trinajstić information content (AvgIpc) is 2.26. The molecule has 0 aliphatic carbocycles. The van der Waals surface area contributed by atoms with Gasteiger partial charge >= 0.3 is 0 Å². The highest BCUT2D eigenvalue weighted by Gasteiger charge is 2.14. The first-order valence-corrected chi connectivity index (χ1v) is 4.76. The van der Waals surface area contributed by atoms with E-state index in [1.165, 1.54) is 0 Å². The maximum atomic E-state index is 5.90. The third kappa shape index (κ3) is 2.26. The lowest BCUT2D eigenvalue weighted by Crippen LogP contribution is -2.17. The van der Waals surface area contributed by atoms with Gasteiger partial charge < -0.3 is 17.2 Å². The van der Waals surface area contributed by atoms with Crippen LogP contribution in [-0.2, 0) is 0 Å². The van der Waals surface area contributed by atoms with Crippen LogP contribution in [0.3, 0.4) is 0 Å². The predicted molar refractivity (Wildman–Crippen MR) is 65.1 cm³/mol. The lowest BCUT2D eigenvalue weighted by molar-refractivity contribution is 0.837. The minimum absolute atomic E-state index is 0.255. The smallest absolute Gasteiger partial charge is 0.0502 e. The van der Waals surface area contributed by atoms with Crippen LogP contribution in [0.5, 0.6) is 0 Å². The first-order chi connectivity index (χ1) is 7.11. The second-order valence-electron chi connectivity index (χ2n) is 3.37. The Hall–Kier alpha value is -1.58. The van der Waals surface area contributed by atoms with Gasteiger partial charge in [0, 0.05) is 17.3 Å². The highest BCUT2D eigenvalue weighted by Crippen LogP contribution is 2.27. The molecular weight excluding hydrogens is 186 g/mol. The Labute approximate surface area is 90.3 Å². The lowest BCUT2D eigenvalue weighted by Gasteiger charge is -2.18. The van der Waals surface area contributed by atoms with E-state index in [9.17, 15) is 0 Å². The molecule has 0 saturated heterocycles. The molecular formula is C12H17N3. The number of hydrogen-bond donors (Lipinski definition) is 3. The van der Waals surface area contributed by atoms with Crippen LogP contribution in [0, 0.1) is 0 Å². The molecule has 0 radical (unpaired) electrons. The van der Waals surface area contributed by atoms with Gasteiger partial charge in [-0.3, -0.25) is 0 Å². The summed E-state index contributed by atoms with van der Waals surface area (Å²) in [7, 11) is 0. The van der Waals surface area contributed by atoms with E-state index in [2.05, 4.69) is 13.2 Å². The topological polar surface area (TPSA) is 78.1 Å². The van der Waals surface area contributed by atoms with Crippen molar-refractivity contribution in [3.05, 3.63) is 54.6 Å². The number of rotatable bonds is 4. The molecule has 0 aliphatic heterocycles. The van der Waals surface area contributed by atoms with Crippen LogP contribution in [-0.4, -0.2) is 0 Å². The molecule has 0 aromatic heterocycles. The predicted octanol–water partition coefficient (Wildman–Crippen LogP) is 1.64. The maximum absolute atomic E-state index is 5.90. The minimum atomic E-state index is -0.299. The highest BCUT2D eigenvalue weighted by molar-refractivity contribution is 5.55. The number of nitrogen functional groups attached to an aromatic ring is 1. The van der Waals surface area contributed by atoms with Crippen molar-refractivity contribution in [2.75, 3.05) is 5.73 Å². The van der Waals surface area contributed by atoms with E-state index in [0.29, 0.717) is 5.69 Å². The SMILES string of the molecule is C=CC(N)c1cccc(N)c1C(N)C=C. The number of hydrogen-bond acceptors (Lipinski definition) is 3. The second kappa shape index (κ2) is 4.77. The van der Waals surface area contributed by atoms with E-state index in [1.807, 2.05) is 12.1 Å². The van der Waals surface area contributed by atoms with Crippen LogP contribution >= 0.6 is 0 Å². The Balaban J connectivity index is 3.31. The molecule has 0 fully saturated rings. The molecule has 80 valence electrons. The van der Waals surface area contributed by atoms with Crippen LogP contribution in [0.2, 0.25) is 0 Å².